The second-order valence-corrected chi connectivity index (χ2v) is 6.75. The van der Waals surface area contributed by atoms with E-state index in [0.29, 0.717) is 19.5 Å². The third kappa shape index (κ3) is 4.11. The molecular formula is C23H26N2O2. The predicted molar refractivity (Wildman–Crippen MR) is 109 cm³/mol. The Bertz CT molecular complexity index is 948. The van der Waals surface area contributed by atoms with Gasteiger partial charge in [-0.05, 0) is 55.7 Å². The summed E-state index contributed by atoms with van der Waals surface area (Å²) in [6.45, 7) is 7.35. The van der Waals surface area contributed by atoms with Gasteiger partial charge in [0.05, 0.1) is 19.0 Å². The van der Waals surface area contributed by atoms with E-state index < -0.39 is 0 Å². The van der Waals surface area contributed by atoms with E-state index >= 15 is 0 Å². The topological polar surface area (TPSA) is 42.4 Å². The molecule has 1 amide bonds. The van der Waals surface area contributed by atoms with Crippen molar-refractivity contribution in [2.45, 2.75) is 33.7 Å². The van der Waals surface area contributed by atoms with Gasteiger partial charge in [0, 0.05) is 24.2 Å². The summed E-state index contributed by atoms with van der Waals surface area (Å²) in [5, 5.41) is 1.11. The van der Waals surface area contributed by atoms with Crippen molar-refractivity contribution in [2.75, 3.05) is 13.7 Å². The Kier molecular flexibility index (Phi) is 5.75. The minimum absolute atomic E-state index is 0.122. The molecular weight excluding hydrogens is 336 g/mol. The van der Waals surface area contributed by atoms with E-state index in [2.05, 4.69) is 13.0 Å². The first-order valence-electron chi connectivity index (χ1n) is 9.29. The largest absolute Gasteiger partial charge is 0.497 e. The molecule has 2 aromatic carbocycles. The molecule has 4 heteroatoms. The second-order valence-electron chi connectivity index (χ2n) is 6.75. The molecule has 1 aromatic heterocycles. The van der Waals surface area contributed by atoms with Crippen molar-refractivity contribution < 1.29 is 9.53 Å². The average Bonchev–Trinajstić information content (AvgIpc) is 2.69. The number of carbonyl (C=O) groups is 1. The first-order valence-corrected chi connectivity index (χ1v) is 9.29. The third-order valence-electron chi connectivity index (χ3n) is 5.08. The zero-order valence-corrected chi connectivity index (χ0v) is 16.5. The molecule has 4 nitrogen and oxygen atoms in total. The van der Waals surface area contributed by atoms with E-state index in [1.54, 1.807) is 7.11 Å². The highest BCUT2D eigenvalue weighted by molar-refractivity contribution is 5.86. The number of amides is 1. The number of hydrogen-bond donors (Lipinski definition) is 0. The zero-order valence-electron chi connectivity index (χ0n) is 16.5. The number of ether oxygens (including phenoxy) is 1. The lowest BCUT2D eigenvalue weighted by Crippen LogP contribution is -2.32. The summed E-state index contributed by atoms with van der Waals surface area (Å²) in [4.78, 5) is 19.6. The summed E-state index contributed by atoms with van der Waals surface area (Å²) in [6, 6.07) is 16.0. The molecule has 140 valence electrons. The molecule has 0 N–H and O–H groups in total. The maximum absolute atomic E-state index is 13.0. The number of aryl methyl sites for hydroxylation is 2. The van der Waals surface area contributed by atoms with Crippen molar-refractivity contribution >= 4 is 16.8 Å². The molecule has 3 aromatic rings. The van der Waals surface area contributed by atoms with E-state index in [-0.39, 0.29) is 5.91 Å². The van der Waals surface area contributed by atoms with Crippen LogP contribution in [0.2, 0.25) is 0 Å². The molecule has 0 saturated carbocycles. The Labute approximate surface area is 160 Å². The highest BCUT2D eigenvalue weighted by Gasteiger charge is 2.17. The highest BCUT2D eigenvalue weighted by Crippen LogP contribution is 2.23. The molecule has 0 aliphatic heterocycles. The molecule has 0 radical (unpaired) electrons. The maximum Gasteiger partial charge on any atom is 0.227 e. The van der Waals surface area contributed by atoms with Crippen LogP contribution in [0.25, 0.3) is 10.9 Å². The van der Waals surface area contributed by atoms with Gasteiger partial charge in [-0.3, -0.25) is 9.78 Å². The van der Waals surface area contributed by atoms with Crippen LogP contribution in [0.15, 0.2) is 48.5 Å². The smallest absolute Gasteiger partial charge is 0.227 e. The van der Waals surface area contributed by atoms with Crippen molar-refractivity contribution in [1.29, 1.82) is 0 Å². The van der Waals surface area contributed by atoms with Gasteiger partial charge < -0.3 is 9.64 Å². The normalized spacial score (nSPS) is 10.8. The second kappa shape index (κ2) is 8.21. The molecule has 0 fully saturated rings. The average molecular weight is 362 g/mol. The third-order valence-corrected chi connectivity index (χ3v) is 5.08. The van der Waals surface area contributed by atoms with Gasteiger partial charge in [0.15, 0.2) is 0 Å². The van der Waals surface area contributed by atoms with Gasteiger partial charge in [0.25, 0.3) is 0 Å². The van der Waals surface area contributed by atoms with E-state index in [0.717, 1.165) is 39.0 Å². The fraction of sp³-hybridized carbons (Fsp3) is 0.304. The van der Waals surface area contributed by atoms with Crippen LogP contribution in [0.4, 0.5) is 0 Å². The van der Waals surface area contributed by atoms with Crippen LogP contribution < -0.4 is 4.74 Å². The molecule has 0 bridgehead atoms. The standard InChI is InChI=1S/C23H26N2O2/c1-5-25(15-18-10-12-19(27-4)13-11-18)23(26)14-21-16(2)20-8-6-7-9-22(20)24-17(21)3/h6-13H,5,14-15H2,1-4H3. The minimum atomic E-state index is 0.122. The Morgan fingerprint density at radius 3 is 2.44 bits per heavy atom. The lowest BCUT2D eigenvalue weighted by Gasteiger charge is -2.22. The van der Waals surface area contributed by atoms with Crippen molar-refractivity contribution in [1.82, 2.24) is 9.88 Å². The number of para-hydroxylation sites is 1. The van der Waals surface area contributed by atoms with Crippen LogP contribution in [0.3, 0.4) is 0 Å². The zero-order chi connectivity index (χ0) is 19.4. The number of carbonyl (C=O) groups excluding carboxylic acids is 1. The Hall–Kier alpha value is -2.88. The number of likely N-dealkylation sites (N-methyl/N-ethyl adjacent to an activating group) is 1. The minimum Gasteiger partial charge on any atom is -0.497 e. The van der Waals surface area contributed by atoms with Crippen LogP contribution in [0.1, 0.15) is 29.3 Å². The SMILES string of the molecule is CCN(Cc1ccc(OC)cc1)C(=O)Cc1c(C)nc2ccccc2c1C. The van der Waals surface area contributed by atoms with Crippen LogP contribution in [0, 0.1) is 13.8 Å². The molecule has 0 aliphatic carbocycles. The number of methoxy groups -OCH3 is 1. The summed E-state index contributed by atoms with van der Waals surface area (Å²) < 4.78 is 5.20. The maximum atomic E-state index is 13.0. The Balaban J connectivity index is 1.81. The first-order chi connectivity index (χ1) is 13.0. The quantitative estimate of drug-likeness (QED) is 0.650. The van der Waals surface area contributed by atoms with Gasteiger partial charge in [-0.2, -0.15) is 0 Å². The van der Waals surface area contributed by atoms with E-state index in [1.807, 2.05) is 61.2 Å². The summed E-state index contributed by atoms with van der Waals surface area (Å²) in [5.74, 6) is 0.943. The molecule has 3 rings (SSSR count). The summed E-state index contributed by atoms with van der Waals surface area (Å²) >= 11 is 0. The van der Waals surface area contributed by atoms with Gasteiger partial charge in [0.1, 0.15) is 5.75 Å². The van der Waals surface area contributed by atoms with Crippen LogP contribution in [0.5, 0.6) is 5.75 Å². The predicted octanol–water partition coefficient (Wildman–Crippen LogP) is 4.45. The first kappa shape index (κ1) is 18.9. The fourth-order valence-corrected chi connectivity index (χ4v) is 3.42. The van der Waals surface area contributed by atoms with Crippen molar-refractivity contribution in [3.63, 3.8) is 0 Å². The number of pyridine rings is 1. The van der Waals surface area contributed by atoms with Crippen molar-refractivity contribution in [3.8, 4) is 5.75 Å². The van der Waals surface area contributed by atoms with Gasteiger partial charge in [0.2, 0.25) is 5.91 Å². The number of aromatic nitrogens is 1. The van der Waals surface area contributed by atoms with Crippen LogP contribution in [-0.4, -0.2) is 29.4 Å². The molecule has 0 spiro atoms. The highest BCUT2D eigenvalue weighted by atomic mass is 16.5. The molecule has 0 aliphatic rings. The molecule has 1 heterocycles. The Morgan fingerprint density at radius 1 is 1.07 bits per heavy atom. The van der Waals surface area contributed by atoms with E-state index in [9.17, 15) is 4.79 Å². The molecule has 0 unspecified atom stereocenters. The van der Waals surface area contributed by atoms with Gasteiger partial charge in [-0.1, -0.05) is 30.3 Å². The molecule has 0 saturated heterocycles. The summed E-state index contributed by atoms with van der Waals surface area (Å²) in [5.41, 5.74) is 5.18. The van der Waals surface area contributed by atoms with Crippen LogP contribution in [-0.2, 0) is 17.8 Å². The van der Waals surface area contributed by atoms with Gasteiger partial charge in [-0.25, -0.2) is 0 Å². The Morgan fingerprint density at radius 2 is 1.78 bits per heavy atom. The van der Waals surface area contributed by atoms with Gasteiger partial charge in [-0.15, -0.1) is 0 Å². The number of fused-ring (bicyclic) bond motifs is 1. The van der Waals surface area contributed by atoms with Crippen molar-refractivity contribution in [3.05, 3.63) is 70.9 Å². The molecule has 27 heavy (non-hydrogen) atoms. The number of hydrogen-bond acceptors (Lipinski definition) is 3. The summed E-state index contributed by atoms with van der Waals surface area (Å²) in [6.07, 6.45) is 0.374. The summed E-state index contributed by atoms with van der Waals surface area (Å²) in [7, 11) is 1.65. The van der Waals surface area contributed by atoms with E-state index in [1.165, 1.54) is 0 Å². The lowest BCUT2D eigenvalue weighted by molar-refractivity contribution is -0.130. The molecule has 0 atom stereocenters. The van der Waals surface area contributed by atoms with E-state index in [4.69, 9.17) is 9.72 Å². The van der Waals surface area contributed by atoms with Crippen molar-refractivity contribution in [2.24, 2.45) is 0 Å². The number of rotatable bonds is 6. The lowest BCUT2D eigenvalue weighted by atomic mass is 9.99. The van der Waals surface area contributed by atoms with Crippen LogP contribution >= 0.6 is 0 Å². The fourth-order valence-electron chi connectivity index (χ4n) is 3.42. The number of benzene rings is 2. The number of nitrogens with zero attached hydrogens (tertiary/aromatic N) is 2. The van der Waals surface area contributed by atoms with Gasteiger partial charge >= 0.3 is 0 Å². The monoisotopic (exact) mass is 362 g/mol.